The molecule has 1 fully saturated rings. The van der Waals surface area contributed by atoms with Gasteiger partial charge in [0, 0.05) is 35.6 Å². The lowest BCUT2D eigenvalue weighted by Crippen LogP contribution is -2.27. The maximum absolute atomic E-state index is 13.5. The van der Waals surface area contributed by atoms with Crippen LogP contribution in [0.2, 0.25) is 0 Å². The van der Waals surface area contributed by atoms with Gasteiger partial charge < -0.3 is 9.67 Å². The molecule has 8 heteroatoms. The Morgan fingerprint density at radius 2 is 1.72 bits per heavy atom. The summed E-state index contributed by atoms with van der Waals surface area (Å²) in [5.74, 6) is -1.13. The zero-order valence-electron chi connectivity index (χ0n) is 18.8. The van der Waals surface area contributed by atoms with Crippen molar-refractivity contribution in [2.24, 2.45) is 5.41 Å². The predicted molar refractivity (Wildman–Crippen MR) is 120 cm³/mol. The van der Waals surface area contributed by atoms with E-state index in [1.54, 1.807) is 23.6 Å². The van der Waals surface area contributed by atoms with Gasteiger partial charge in [0.25, 0.3) is 0 Å². The summed E-state index contributed by atoms with van der Waals surface area (Å²) in [6.07, 6.45) is 4.10. The fourth-order valence-electron chi connectivity index (χ4n) is 5.01. The molecule has 1 aromatic heterocycles. The predicted octanol–water partition coefficient (Wildman–Crippen LogP) is 3.41. The van der Waals surface area contributed by atoms with Crippen LogP contribution in [0.3, 0.4) is 0 Å². The van der Waals surface area contributed by atoms with Gasteiger partial charge in [-0.3, -0.25) is 9.59 Å². The molecule has 0 amide bonds. The Hall–Kier alpha value is -2.45. The molecule has 0 radical (unpaired) electrons. The van der Waals surface area contributed by atoms with Crippen molar-refractivity contribution in [3.05, 3.63) is 52.3 Å². The third-order valence-electron chi connectivity index (χ3n) is 6.78. The smallest absolute Gasteiger partial charge is 0.323 e. The Labute approximate surface area is 189 Å². The summed E-state index contributed by atoms with van der Waals surface area (Å²) >= 11 is 0. The van der Waals surface area contributed by atoms with Crippen LogP contribution < -0.4 is 0 Å². The van der Waals surface area contributed by atoms with Crippen molar-refractivity contribution in [3.63, 3.8) is 0 Å². The molecule has 1 N–H and O–H groups in total. The Kier molecular flexibility index (Phi) is 5.79. The molecular weight excluding hydrogens is 428 g/mol. The number of carboxylic acid groups (broad SMARTS) is 1. The van der Waals surface area contributed by atoms with Gasteiger partial charge in [-0.05, 0) is 74.3 Å². The summed E-state index contributed by atoms with van der Waals surface area (Å²) in [7, 11) is -3.54. The highest BCUT2D eigenvalue weighted by atomic mass is 32.2. The van der Waals surface area contributed by atoms with Crippen LogP contribution in [0.4, 0.5) is 0 Å². The third-order valence-corrected chi connectivity index (χ3v) is 8.69. The lowest BCUT2D eigenvalue weighted by atomic mass is 9.75. The molecule has 172 valence electrons. The van der Waals surface area contributed by atoms with Crippen LogP contribution in [-0.2, 0) is 34.2 Å². The number of carbonyl (C=O) groups is 2. The Balaban J connectivity index is 1.72. The normalized spacial score (nSPS) is 18.5. The number of rotatable bonds is 6. The van der Waals surface area contributed by atoms with Gasteiger partial charge in [-0.25, -0.2) is 8.42 Å². The SMILES string of the molecule is Cc1c(C(=O)c2ccc(S(=O)(=O)N3CCCC3)cc2)c2c(n1CC(=O)O)CCC(C)(C)C2. The van der Waals surface area contributed by atoms with E-state index in [0.717, 1.165) is 36.9 Å². The summed E-state index contributed by atoms with van der Waals surface area (Å²) in [6.45, 7) is 7.00. The maximum Gasteiger partial charge on any atom is 0.323 e. The minimum absolute atomic E-state index is 0.0253. The Morgan fingerprint density at radius 1 is 1.09 bits per heavy atom. The molecule has 2 aromatic rings. The van der Waals surface area contributed by atoms with Crippen molar-refractivity contribution < 1.29 is 23.1 Å². The lowest BCUT2D eigenvalue weighted by molar-refractivity contribution is -0.137. The molecule has 7 nitrogen and oxygen atoms in total. The van der Waals surface area contributed by atoms with Gasteiger partial charge in [-0.15, -0.1) is 0 Å². The number of ketones is 1. The summed E-state index contributed by atoms with van der Waals surface area (Å²) in [5, 5.41) is 9.39. The van der Waals surface area contributed by atoms with E-state index < -0.39 is 16.0 Å². The Bertz CT molecular complexity index is 1170. The van der Waals surface area contributed by atoms with Gasteiger partial charge in [0.1, 0.15) is 6.54 Å². The number of benzene rings is 1. The number of carboxylic acids is 1. The molecule has 0 atom stereocenters. The molecule has 1 aliphatic heterocycles. The van der Waals surface area contributed by atoms with E-state index in [-0.39, 0.29) is 22.6 Å². The number of carbonyl (C=O) groups excluding carboxylic acids is 1. The molecule has 1 saturated heterocycles. The van der Waals surface area contributed by atoms with Crippen LogP contribution in [0.25, 0.3) is 0 Å². The number of aromatic nitrogens is 1. The van der Waals surface area contributed by atoms with Gasteiger partial charge in [-0.1, -0.05) is 13.8 Å². The number of fused-ring (bicyclic) bond motifs is 1. The first-order chi connectivity index (χ1) is 15.0. The van der Waals surface area contributed by atoms with E-state index in [0.29, 0.717) is 36.3 Å². The first kappa shape index (κ1) is 22.7. The van der Waals surface area contributed by atoms with Gasteiger partial charge in [0.15, 0.2) is 5.78 Å². The molecule has 0 spiro atoms. The standard InChI is InChI=1S/C24H30N2O5S/c1-16-22(19-14-24(2,3)11-10-20(19)26(16)15-21(27)28)23(29)17-6-8-18(9-7-17)32(30,31)25-12-4-5-13-25/h6-9H,4-5,10-15H2,1-3H3,(H,27,28). The zero-order valence-corrected chi connectivity index (χ0v) is 19.7. The molecule has 1 aromatic carbocycles. The molecular formula is C24H30N2O5S. The van der Waals surface area contributed by atoms with Gasteiger partial charge in [0.2, 0.25) is 10.0 Å². The average molecular weight is 459 g/mol. The number of aliphatic carboxylic acids is 1. The average Bonchev–Trinajstić information content (AvgIpc) is 3.35. The second-order valence-electron chi connectivity index (χ2n) is 9.67. The highest BCUT2D eigenvalue weighted by Crippen LogP contribution is 2.39. The molecule has 32 heavy (non-hydrogen) atoms. The molecule has 0 unspecified atom stereocenters. The molecule has 4 rings (SSSR count). The minimum Gasteiger partial charge on any atom is -0.480 e. The van der Waals surface area contributed by atoms with Gasteiger partial charge >= 0.3 is 5.97 Å². The summed E-state index contributed by atoms with van der Waals surface area (Å²) in [4.78, 5) is 25.2. The van der Waals surface area contributed by atoms with Crippen molar-refractivity contribution in [2.75, 3.05) is 13.1 Å². The second-order valence-corrected chi connectivity index (χ2v) is 11.6. The number of sulfonamides is 1. The minimum atomic E-state index is -3.54. The van der Waals surface area contributed by atoms with Crippen LogP contribution in [0.15, 0.2) is 29.2 Å². The van der Waals surface area contributed by atoms with E-state index in [1.165, 1.54) is 16.4 Å². The first-order valence-electron chi connectivity index (χ1n) is 11.1. The lowest BCUT2D eigenvalue weighted by Gasteiger charge is -2.30. The molecule has 2 heterocycles. The fourth-order valence-corrected chi connectivity index (χ4v) is 6.53. The van der Waals surface area contributed by atoms with E-state index in [9.17, 15) is 23.1 Å². The monoisotopic (exact) mass is 458 g/mol. The number of hydrogen-bond donors (Lipinski definition) is 1. The van der Waals surface area contributed by atoms with Crippen molar-refractivity contribution in [1.29, 1.82) is 0 Å². The highest BCUT2D eigenvalue weighted by Gasteiger charge is 2.34. The van der Waals surface area contributed by atoms with Crippen LogP contribution in [0, 0.1) is 12.3 Å². The van der Waals surface area contributed by atoms with E-state index >= 15 is 0 Å². The summed E-state index contributed by atoms with van der Waals surface area (Å²) < 4.78 is 28.8. The molecule has 1 aliphatic carbocycles. The maximum atomic E-state index is 13.5. The van der Waals surface area contributed by atoms with Crippen LogP contribution in [0.5, 0.6) is 0 Å². The van der Waals surface area contributed by atoms with Crippen LogP contribution >= 0.6 is 0 Å². The van der Waals surface area contributed by atoms with Crippen LogP contribution in [0.1, 0.15) is 66.0 Å². The Morgan fingerprint density at radius 3 is 2.31 bits per heavy atom. The number of nitrogens with zero attached hydrogens (tertiary/aromatic N) is 2. The second kappa shape index (κ2) is 8.15. The molecule has 2 aliphatic rings. The van der Waals surface area contributed by atoms with Crippen molar-refractivity contribution >= 4 is 21.8 Å². The first-order valence-corrected chi connectivity index (χ1v) is 12.5. The summed E-state index contributed by atoms with van der Waals surface area (Å²) in [5.41, 5.74) is 3.52. The van der Waals surface area contributed by atoms with Crippen molar-refractivity contribution in [3.8, 4) is 0 Å². The largest absolute Gasteiger partial charge is 0.480 e. The summed E-state index contributed by atoms with van der Waals surface area (Å²) in [6, 6.07) is 6.14. The zero-order chi connectivity index (χ0) is 23.3. The van der Waals surface area contributed by atoms with E-state index in [4.69, 9.17) is 0 Å². The molecule has 0 bridgehead atoms. The fraction of sp³-hybridized carbons (Fsp3) is 0.500. The van der Waals surface area contributed by atoms with Gasteiger partial charge in [0.05, 0.1) is 4.90 Å². The van der Waals surface area contributed by atoms with Crippen molar-refractivity contribution in [2.45, 2.75) is 64.3 Å². The quantitative estimate of drug-likeness (QED) is 0.669. The topological polar surface area (TPSA) is 96.7 Å². The van der Waals surface area contributed by atoms with Gasteiger partial charge in [-0.2, -0.15) is 4.31 Å². The van der Waals surface area contributed by atoms with E-state index in [1.807, 2.05) is 0 Å². The highest BCUT2D eigenvalue weighted by molar-refractivity contribution is 7.89. The number of hydrogen-bond acceptors (Lipinski definition) is 4. The van der Waals surface area contributed by atoms with Crippen molar-refractivity contribution in [1.82, 2.24) is 8.87 Å². The third kappa shape index (κ3) is 4.01. The van der Waals surface area contributed by atoms with Crippen LogP contribution in [-0.4, -0.2) is 47.2 Å². The molecule has 0 saturated carbocycles. The van der Waals surface area contributed by atoms with E-state index in [2.05, 4.69) is 13.8 Å².